The molecule has 8 aromatic carbocycles. The van der Waals surface area contributed by atoms with Crippen LogP contribution >= 0.6 is 11.3 Å². The summed E-state index contributed by atoms with van der Waals surface area (Å²) in [4.78, 5) is 14.9. The van der Waals surface area contributed by atoms with Crippen LogP contribution in [-0.4, -0.2) is 15.0 Å². The van der Waals surface area contributed by atoms with E-state index in [0.29, 0.717) is 17.5 Å². The molecule has 3 aromatic heterocycles. The number of rotatable bonds is 7. The Labute approximate surface area is 332 Å². The molecule has 0 spiro atoms. The SMILES string of the molecule is c1ccc(-c2nc(-c3ccccc3)nc(-c3cccc4c3oc3ccc(-c5ccc6c(c5)sc5cc(Nc7ccccc7-c7ccccc7)ccc56)cc34)n2)cc1. The first-order valence-electron chi connectivity index (χ1n) is 18.9. The van der Waals surface area contributed by atoms with Crippen molar-refractivity contribution in [1.29, 1.82) is 0 Å². The highest BCUT2D eigenvalue weighted by Gasteiger charge is 2.18. The summed E-state index contributed by atoms with van der Waals surface area (Å²) in [5.74, 6) is 1.81. The number of hydrogen-bond acceptors (Lipinski definition) is 6. The fourth-order valence-electron chi connectivity index (χ4n) is 7.73. The fourth-order valence-corrected chi connectivity index (χ4v) is 8.92. The first-order valence-corrected chi connectivity index (χ1v) is 19.7. The largest absolute Gasteiger partial charge is 0.455 e. The maximum absolute atomic E-state index is 6.61. The molecule has 0 atom stereocenters. The van der Waals surface area contributed by atoms with Gasteiger partial charge in [0.1, 0.15) is 11.2 Å². The monoisotopic (exact) mass is 748 g/mol. The number of fused-ring (bicyclic) bond motifs is 6. The summed E-state index contributed by atoms with van der Waals surface area (Å²) in [5.41, 5.74) is 11.1. The highest BCUT2D eigenvalue weighted by atomic mass is 32.1. The number of benzene rings is 8. The van der Waals surface area contributed by atoms with Crippen LogP contribution in [0.3, 0.4) is 0 Å². The molecule has 0 unspecified atom stereocenters. The molecule has 1 N–H and O–H groups in total. The Balaban J connectivity index is 0.956. The van der Waals surface area contributed by atoms with Crippen molar-refractivity contribution in [2.24, 2.45) is 0 Å². The van der Waals surface area contributed by atoms with Crippen molar-refractivity contribution in [2.45, 2.75) is 0 Å². The van der Waals surface area contributed by atoms with Crippen LogP contribution in [0.4, 0.5) is 11.4 Å². The smallest absolute Gasteiger partial charge is 0.167 e. The zero-order chi connectivity index (χ0) is 37.7. The summed E-state index contributed by atoms with van der Waals surface area (Å²) in [7, 11) is 0. The van der Waals surface area contributed by atoms with E-state index in [9.17, 15) is 0 Å². The van der Waals surface area contributed by atoms with Gasteiger partial charge in [0, 0.05) is 59.0 Å². The van der Waals surface area contributed by atoms with Gasteiger partial charge in [0.2, 0.25) is 0 Å². The van der Waals surface area contributed by atoms with E-state index in [1.165, 1.54) is 31.3 Å². The highest BCUT2D eigenvalue weighted by Crippen LogP contribution is 2.41. The van der Waals surface area contributed by atoms with E-state index < -0.39 is 0 Å². The van der Waals surface area contributed by atoms with Crippen LogP contribution < -0.4 is 5.32 Å². The Kier molecular flexibility index (Phi) is 7.93. The number of para-hydroxylation sites is 2. The minimum Gasteiger partial charge on any atom is -0.455 e. The summed E-state index contributed by atoms with van der Waals surface area (Å²) in [5, 5.41) is 8.28. The van der Waals surface area contributed by atoms with E-state index in [2.05, 4.69) is 127 Å². The molecule has 5 nitrogen and oxygen atoms in total. The van der Waals surface area contributed by atoms with Gasteiger partial charge in [-0.2, -0.15) is 0 Å². The minimum absolute atomic E-state index is 0.571. The number of hydrogen-bond donors (Lipinski definition) is 1. The first kappa shape index (κ1) is 33.0. The zero-order valence-electron chi connectivity index (χ0n) is 30.6. The third-order valence-electron chi connectivity index (χ3n) is 10.5. The van der Waals surface area contributed by atoms with Gasteiger partial charge >= 0.3 is 0 Å². The molecule has 0 amide bonds. The Hall–Kier alpha value is -7.41. The number of furan rings is 1. The van der Waals surface area contributed by atoms with Crippen LogP contribution in [0.5, 0.6) is 0 Å². The lowest BCUT2D eigenvalue weighted by molar-refractivity contribution is 0.669. The van der Waals surface area contributed by atoms with E-state index in [4.69, 9.17) is 19.4 Å². The first-order chi connectivity index (χ1) is 28.2. The lowest BCUT2D eigenvalue weighted by atomic mass is 10.0. The van der Waals surface area contributed by atoms with Crippen LogP contribution in [0.1, 0.15) is 0 Å². The number of nitrogens with one attached hydrogen (secondary N) is 1. The standard InChI is InChI=1S/C51H32N4OS/c1-4-13-32(14-5-1)38-19-10-11-22-44(38)52-37-25-27-40-39-26-23-36(30-46(39)57-47(40)31-37)35-24-28-45-43(29-35)41-20-12-21-42(48(41)56-45)51-54-49(33-15-6-2-7-16-33)53-50(55-51)34-17-8-3-9-18-34/h1-31,52H. The molecule has 0 aliphatic heterocycles. The van der Waals surface area contributed by atoms with Crippen molar-refractivity contribution in [3.8, 4) is 56.4 Å². The lowest BCUT2D eigenvalue weighted by Crippen LogP contribution is -2.00. The second kappa shape index (κ2) is 13.7. The molecule has 0 aliphatic carbocycles. The summed E-state index contributed by atoms with van der Waals surface area (Å²) >= 11 is 1.82. The summed E-state index contributed by atoms with van der Waals surface area (Å²) in [6.07, 6.45) is 0. The van der Waals surface area contributed by atoms with Gasteiger partial charge in [-0.1, -0.05) is 146 Å². The van der Waals surface area contributed by atoms with Crippen molar-refractivity contribution < 1.29 is 4.42 Å². The molecule has 3 heterocycles. The minimum atomic E-state index is 0.571. The van der Waals surface area contributed by atoms with Gasteiger partial charge in [-0.25, -0.2) is 15.0 Å². The quantitative estimate of drug-likeness (QED) is 0.176. The molecule has 0 radical (unpaired) electrons. The van der Waals surface area contributed by atoms with E-state index in [1.807, 2.05) is 78.1 Å². The second-order valence-corrected chi connectivity index (χ2v) is 15.2. The van der Waals surface area contributed by atoms with Gasteiger partial charge in [-0.15, -0.1) is 11.3 Å². The van der Waals surface area contributed by atoms with Gasteiger partial charge in [-0.05, 0) is 59.2 Å². The predicted octanol–water partition coefficient (Wildman–Crippen LogP) is 14.2. The average molecular weight is 749 g/mol. The van der Waals surface area contributed by atoms with Crippen molar-refractivity contribution >= 4 is 64.8 Å². The molecule has 0 bridgehead atoms. The van der Waals surface area contributed by atoms with Crippen molar-refractivity contribution in [3.05, 3.63) is 188 Å². The van der Waals surface area contributed by atoms with Crippen LogP contribution in [0.2, 0.25) is 0 Å². The molecule has 0 saturated carbocycles. The van der Waals surface area contributed by atoms with Crippen LogP contribution in [0.15, 0.2) is 192 Å². The Morgan fingerprint density at radius 3 is 1.70 bits per heavy atom. The molecule has 11 rings (SSSR count). The van der Waals surface area contributed by atoms with E-state index in [-0.39, 0.29) is 0 Å². The van der Waals surface area contributed by atoms with Gasteiger partial charge < -0.3 is 9.73 Å². The number of nitrogens with zero attached hydrogens (tertiary/aromatic N) is 3. The molecule has 0 aliphatic rings. The molecule has 6 heteroatoms. The van der Waals surface area contributed by atoms with Crippen LogP contribution in [0, 0.1) is 0 Å². The lowest BCUT2D eigenvalue weighted by Gasteiger charge is -2.12. The van der Waals surface area contributed by atoms with Crippen molar-refractivity contribution in [1.82, 2.24) is 15.0 Å². The van der Waals surface area contributed by atoms with Gasteiger partial charge in [0.05, 0.1) is 5.56 Å². The molecule has 268 valence electrons. The van der Waals surface area contributed by atoms with Gasteiger partial charge in [-0.3, -0.25) is 0 Å². The van der Waals surface area contributed by atoms with Crippen molar-refractivity contribution in [3.63, 3.8) is 0 Å². The van der Waals surface area contributed by atoms with Gasteiger partial charge in [0.15, 0.2) is 17.5 Å². The summed E-state index contributed by atoms with van der Waals surface area (Å²) in [6, 6.07) is 65.2. The van der Waals surface area contributed by atoms with E-state index in [1.54, 1.807) is 0 Å². The molecular formula is C51H32N4OS. The second-order valence-electron chi connectivity index (χ2n) is 14.1. The normalized spacial score (nSPS) is 11.5. The topological polar surface area (TPSA) is 63.8 Å². The maximum atomic E-state index is 6.61. The van der Waals surface area contributed by atoms with Crippen LogP contribution in [0.25, 0.3) is 98.5 Å². The molecule has 11 aromatic rings. The van der Waals surface area contributed by atoms with E-state index in [0.717, 1.165) is 61.1 Å². The Morgan fingerprint density at radius 2 is 0.965 bits per heavy atom. The van der Waals surface area contributed by atoms with Gasteiger partial charge in [0.25, 0.3) is 0 Å². The molecular weight excluding hydrogens is 717 g/mol. The number of anilines is 2. The summed E-state index contributed by atoms with van der Waals surface area (Å²) in [6.45, 7) is 0. The molecule has 0 fully saturated rings. The Bertz CT molecular complexity index is 3210. The van der Waals surface area contributed by atoms with Crippen molar-refractivity contribution in [2.75, 3.05) is 5.32 Å². The number of aromatic nitrogens is 3. The fraction of sp³-hybridized carbons (Fsp3) is 0. The molecule has 0 saturated heterocycles. The van der Waals surface area contributed by atoms with Crippen LogP contribution in [-0.2, 0) is 0 Å². The number of thiophene rings is 1. The highest BCUT2D eigenvalue weighted by molar-refractivity contribution is 7.25. The average Bonchev–Trinajstić information content (AvgIpc) is 3.84. The third-order valence-corrected chi connectivity index (χ3v) is 11.6. The summed E-state index contributed by atoms with van der Waals surface area (Å²) < 4.78 is 9.11. The Morgan fingerprint density at radius 1 is 0.386 bits per heavy atom. The van der Waals surface area contributed by atoms with E-state index >= 15 is 0 Å². The zero-order valence-corrected chi connectivity index (χ0v) is 31.4. The maximum Gasteiger partial charge on any atom is 0.167 e. The molecule has 57 heavy (non-hydrogen) atoms. The predicted molar refractivity (Wildman–Crippen MR) is 237 cm³/mol. The third kappa shape index (κ3) is 6.00.